The summed E-state index contributed by atoms with van der Waals surface area (Å²) in [4.78, 5) is 17.9. The van der Waals surface area contributed by atoms with Crippen LogP contribution in [0.5, 0.6) is 0 Å². The van der Waals surface area contributed by atoms with Gasteiger partial charge in [0.25, 0.3) is 0 Å². The first-order chi connectivity index (χ1) is 14.4. The van der Waals surface area contributed by atoms with Gasteiger partial charge in [-0.15, -0.1) is 0 Å². The molecule has 0 saturated heterocycles. The molecule has 0 heterocycles. The lowest BCUT2D eigenvalue weighted by Gasteiger charge is -2.22. The van der Waals surface area contributed by atoms with Crippen molar-refractivity contribution in [2.45, 2.75) is 32.4 Å². The predicted molar refractivity (Wildman–Crippen MR) is 124 cm³/mol. The number of rotatable bonds is 6. The topological polar surface area (TPSA) is 38.7 Å². The van der Waals surface area contributed by atoms with Crippen molar-refractivity contribution in [2.24, 2.45) is 4.99 Å². The van der Waals surface area contributed by atoms with Crippen LogP contribution in [-0.2, 0) is 9.53 Å². The smallest absolute Gasteiger partial charge is 0.335 e. The van der Waals surface area contributed by atoms with Crippen molar-refractivity contribution in [3.05, 3.63) is 114 Å². The molecule has 0 saturated carbocycles. The number of hydrogen-bond donors (Lipinski definition) is 0. The first kappa shape index (κ1) is 21.3. The van der Waals surface area contributed by atoms with Gasteiger partial charge >= 0.3 is 5.97 Å². The molecule has 3 nitrogen and oxygen atoms in total. The van der Waals surface area contributed by atoms with Crippen molar-refractivity contribution in [1.29, 1.82) is 0 Å². The summed E-state index contributed by atoms with van der Waals surface area (Å²) < 4.78 is 5.66. The third-order valence-corrected chi connectivity index (χ3v) is 4.28. The molecule has 1 atom stereocenters. The monoisotopic (exact) mass is 397 g/mol. The maximum absolute atomic E-state index is 13.0. The first-order valence-electron chi connectivity index (χ1n) is 10.1. The summed E-state index contributed by atoms with van der Waals surface area (Å²) in [6.07, 6.45) is 3.71. The summed E-state index contributed by atoms with van der Waals surface area (Å²) in [5.74, 6) is -0.376. The zero-order chi connectivity index (χ0) is 21.4. The first-order valence-corrected chi connectivity index (χ1v) is 10.1. The second-order valence-corrected chi connectivity index (χ2v) is 7.96. The Labute approximate surface area is 178 Å². The Kier molecular flexibility index (Phi) is 6.97. The normalized spacial score (nSPS) is 12.4. The molecule has 3 aromatic carbocycles. The molecule has 0 aromatic heterocycles. The van der Waals surface area contributed by atoms with Gasteiger partial charge < -0.3 is 4.74 Å². The predicted octanol–water partition coefficient (Wildman–Crippen LogP) is 5.95. The Morgan fingerprint density at radius 3 is 1.73 bits per heavy atom. The van der Waals surface area contributed by atoms with Crippen molar-refractivity contribution in [2.75, 3.05) is 0 Å². The average Bonchev–Trinajstić information content (AvgIpc) is 2.74. The van der Waals surface area contributed by atoms with E-state index < -0.39 is 11.6 Å². The highest BCUT2D eigenvalue weighted by Crippen LogP contribution is 2.17. The summed E-state index contributed by atoms with van der Waals surface area (Å²) in [6, 6.07) is 28.9. The van der Waals surface area contributed by atoms with E-state index in [2.05, 4.69) is 0 Å². The van der Waals surface area contributed by atoms with E-state index >= 15 is 0 Å². The number of benzene rings is 3. The molecule has 0 amide bonds. The summed E-state index contributed by atoms with van der Waals surface area (Å²) in [6.45, 7) is 5.59. The van der Waals surface area contributed by atoms with Gasteiger partial charge in [-0.1, -0.05) is 97.1 Å². The lowest BCUT2D eigenvalue weighted by Crippen LogP contribution is -2.30. The van der Waals surface area contributed by atoms with Gasteiger partial charge in [-0.2, -0.15) is 0 Å². The van der Waals surface area contributed by atoms with E-state index in [0.29, 0.717) is 0 Å². The van der Waals surface area contributed by atoms with Gasteiger partial charge in [0, 0.05) is 11.1 Å². The van der Waals surface area contributed by atoms with Crippen molar-refractivity contribution in [3.63, 3.8) is 0 Å². The molecule has 30 heavy (non-hydrogen) atoms. The van der Waals surface area contributed by atoms with Gasteiger partial charge in [0.05, 0.1) is 5.71 Å². The molecule has 0 aliphatic heterocycles. The molecule has 152 valence electrons. The third kappa shape index (κ3) is 6.28. The molecule has 0 aliphatic rings. The molecular weight excluding hydrogens is 370 g/mol. The van der Waals surface area contributed by atoms with E-state index in [4.69, 9.17) is 9.73 Å². The molecule has 0 N–H and O–H groups in total. The van der Waals surface area contributed by atoms with Crippen molar-refractivity contribution in [3.8, 4) is 0 Å². The lowest BCUT2D eigenvalue weighted by molar-refractivity contribution is -0.155. The lowest BCUT2D eigenvalue weighted by atomic mass is 10.0. The number of ether oxygens (including phenoxy) is 1. The number of hydrogen-bond acceptors (Lipinski definition) is 3. The van der Waals surface area contributed by atoms with E-state index in [9.17, 15) is 4.79 Å². The Morgan fingerprint density at radius 1 is 0.800 bits per heavy atom. The highest BCUT2D eigenvalue weighted by atomic mass is 16.6. The summed E-state index contributed by atoms with van der Waals surface area (Å²) in [7, 11) is 0. The van der Waals surface area contributed by atoms with Gasteiger partial charge in [-0.05, 0) is 32.4 Å². The van der Waals surface area contributed by atoms with Crippen LogP contribution in [0.4, 0.5) is 0 Å². The fraction of sp³-hybridized carbons (Fsp3) is 0.185. The summed E-state index contributed by atoms with van der Waals surface area (Å²) in [5, 5.41) is 0. The third-order valence-electron chi connectivity index (χ3n) is 4.28. The highest BCUT2D eigenvalue weighted by molar-refractivity contribution is 6.13. The molecule has 0 spiro atoms. The molecule has 3 rings (SSSR count). The number of carbonyl (C=O) groups is 1. The number of carbonyl (C=O) groups excluding carboxylic acids is 1. The van der Waals surface area contributed by atoms with Crippen LogP contribution in [0.15, 0.2) is 102 Å². The fourth-order valence-electron chi connectivity index (χ4n) is 2.95. The van der Waals surface area contributed by atoms with E-state index in [-0.39, 0.29) is 5.97 Å². The van der Waals surface area contributed by atoms with E-state index in [1.54, 1.807) is 6.08 Å². The molecular formula is C27H27NO2. The zero-order valence-electron chi connectivity index (χ0n) is 17.7. The molecule has 3 heteroatoms. The van der Waals surface area contributed by atoms with Gasteiger partial charge in [0.1, 0.15) is 5.60 Å². The summed E-state index contributed by atoms with van der Waals surface area (Å²) >= 11 is 0. The average molecular weight is 398 g/mol. The summed E-state index contributed by atoms with van der Waals surface area (Å²) in [5.41, 5.74) is 3.06. The van der Waals surface area contributed by atoms with Gasteiger partial charge in [-0.25, -0.2) is 4.79 Å². The maximum atomic E-state index is 13.0. The quantitative estimate of drug-likeness (QED) is 0.381. The number of aliphatic imine (C=N–C) groups is 1. The zero-order valence-corrected chi connectivity index (χ0v) is 17.7. The molecule has 0 aliphatic carbocycles. The van der Waals surface area contributed by atoms with Crippen LogP contribution < -0.4 is 0 Å². The van der Waals surface area contributed by atoms with Crippen LogP contribution in [0.25, 0.3) is 6.08 Å². The molecule has 3 aromatic rings. The minimum atomic E-state index is -0.764. The molecule has 0 fully saturated rings. The number of esters is 1. The van der Waals surface area contributed by atoms with Crippen LogP contribution in [0, 0.1) is 0 Å². The van der Waals surface area contributed by atoms with Gasteiger partial charge in [0.15, 0.2) is 6.04 Å². The standard InChI is InChI=1S/C27H27NO2/c1-27(2,3)30-26(29)24(20-19-21-13-7-4-8-14-21)28-25(22-15-9-5-10-16-22)23-17-11-6-12-18-23/h4-20,24H,1-3H3/b20-19+/t24-/m0/s1. The van der Waals surface area contributed by atoms with Crippen LogP contribution in [-0.4, -0.2) is 23.3 Å². The van der Waals surface area contributed by atoms with E-state index in [1.165, 1.54) is 0 Å². The largest absolute Gasteiger partial charge is 0.458 e. The highest BCUT2D eigenvalue weighted by Gasteiger charge is 2.24. The van der Waals surface area contributed by atoms with E-state index in [0.717, 1.165) is 22.4 Å². The fourth-order valence-corrected chi connectivity index (χ4v) is 2.95. The van der Waals surface area contributed by atoms with Crippen molar-refractivity contribution < 1.29 is 9.53 Å². The van der Waals surface area contributed by atoms with Crippen LogP contribution in [0.2, 0.25) is 0 Å². The van der Waals surface area contributed by atoms with E-state index in [1.807, 2.05) is 118 Å². The van der Waals surface area contributed by atoms with Crippen LogP contribution >= 0.6 is 0 Å². The van der Waals surface area contributed by atoms with Crippen LogP contribution in [0.1, 0.15) is 37.5 Å². The number of nitrogens with zero attached hydrogens (tertiary/aromatic N) is 1. The van der Waals surface area contributed by atoms with Gasteiger partial charge in [-0.3, -0.25) is 4.99 Å². The molecule has 0 radical (unpaired) electrons. The Hall–Kier alpha value is -3.46. The van der Waals surface area contributed by atoms with Crippen molar-refractivity contribution >= 4 is 17.8 Å². The van der Waals surface area contributed by atoms with Crippen LogP contribution in [0.3, 0.4) is 0 Å². The SMILES string of the molecule is CC(C)(C)OC(=O)[C@H](/C=C/c1ccccc1)N=C(c1ccccc1)c1ccccc1. The minimum absolute atomic E-state index is 0.376. The second-order valence-electron chi connectivity index (χ2n) is 7.96. The molecule has 0 bridgehead atoms. The maximum Gasteiger partial charge on any atom is 0.335 e. The Morgan fingerprint density at radius 2 is 1.27 bits per heavy atom. The Balaban J connectivity index is 2.05. The van der Waals surface area contributed by atoms with Crippen molar-refractivity contribution in [1.82, 2.24) is 0 Å². The van der Waals surface area contributed by atoms with Gasteiger partial charge in [0.2, 0.25) is 0 Å². The minimum Gasteiger partial charge on any atom is -0.458 e. The Bertz CT molecular complexity index is 959. The molecule has 0 unspecified atom stereocenters. The second kappa shape index (κ2) is 9.84.